The maximum absolute atomic E-state index is 12.3. The van der Waals surface area contributed by atoms with Gasteiger partial charge in [-0.2, -0.15) is 5.10 Å². The van der Waals surface area contributed by atoms with E-state index >= 15 is 0 Å². The molecular formula is C17H14N4O4S. The normalized spacial score (nSPS) is 12.2. The zero-order valence-corrected chi connectivity index (χ0v) is 14.3. The second kappa shape index (κ2) is 6.52. The van der Waals surface area contributed by atoms with Crippen molar-refractivity contribution in [3.05, 3.63) is 52.1 Å². The minimum atomic E-state index is -0.508. The molecule has 4 rings (SSSR count). The van der Waals surface area contributed by atoms with E-state index in [1.54, 1.807) is 18.2 Å². The van der Waals surface area contributed by atoms with Crippen molar-refractivity contribution in [1.29, 1.82) is 0 Å². The number of nitrogens with zero attached hydrogens (tertiary/aromatic N) is 2. The van der Waals surface area contributed by atoms with E-state index < -0.39 is 11.5 Å². The summed E-state index contributed by atoms with van der Waals surface area (Å²) in [5, 5.41) is 8.85. The average molecular weight is 370 g/mol. The third-order valence-corrected chi connectivity index (χ3v) is 4.62. The first kappa shape index (κ1) is 16.2. The summed E-state index contributed by atoms with van der Waals surface area (Å²) in [4.78, 5) is 25.4. The molecule has 0 spiro atoms. The Bertz CT molecular complexity index is 1030. The van der Waals surface area contributed by atoms with Gasteiger partial charge in [0.2, 0.25) is 12.7 Å². The highest BCUT2D eigenvalue weighted by Crippen LogP contribution is 2.34. The Hall–Kier alpha value is -3.33. The number of anilines is 2. The summed E-state index contributed by atoms with van der Waals surface area (Å²) in [6.07, 6.45) is 0. The molecule has 0 aliphatic carbocycles. The van der Waals surface area contributed by atoms with Crippen molar-refractivity contribution >= 4 is 28.6 Å². The van der Waals surface area contributed by atoms with E-state index in [1.807, 2.05) is 17.5 Å². The van der Waals surface area contributed by atoms with Gasteiger partial charge in [0, 0.05) is 11.8 Å². The summed E-state index contributed by atoms with van der Waals surface area (Å²) in [5.74, 6) is 0.778. The summed E-state index contributed by atoms with van der Waals surface area (Å²) in [6.45, 7) is -0.0997. The van der Waals surface area contributed by atoms with Crippen LogP contribution in [0.25, 0.3) is 10.6 Å². The van der Waals surface area contributed by atoms with Crippen LogP contribution in [0.1, 0.15) is 0 Å². The molecule has 1 aliphatic heterocycles. The minimum Gasteiger partial charge on any atom is -0.454 e. The van der Waals surface area contributed by atoms with Crippen molar-refractivity contribution in [1.82, 2.24) is 9.78 Å². The molecule has 1 amide bonds. The van der Waals surface area contributed by atoms with E-state index in [0.29, 0.717) is 22.9 Å². The number of hydrogen-bond acceptors (Lipinski definition) is 7. The topological polar surface area (TPSA) is 108 Å². The summed E-state index contributed by atoms with van der Waals surface area (Å²) in [7, 11) is 0. The highest BCUT2D eigenvalue weighted by Gasteiger charge is 2.15. The fourth-order valence-electron chi connectivity index (χ4n) is 2.53. The van der Waals surface area contributed by atoms with Gasteiger partial charge in [-0.1, -0.05) is 6.07 Å². The predicted octanol–water partition coefficient (Wildman–Crippen LogP) is 1.92. The third-order valence-electron chi connectivity index (χ3n) is 3.73. The lowest BCUT2D eigenvalue weighted by Crippen LogP contribution is -2.31. The highest BCUT2D eigenvalue weighted by atomic mass is 32.1. The number of amides is 1. The maximum atomic E-state index is 12.3. The van der Waals surface area contributed by atoms with Crippen LogP contribution in [0.2, 0.25) is 0 Å². The Kier molecular flexibility index (Phi) is 4.05. The Balaban J connectivity index is 1.55. The number of carbonyl (C=O) groups is 1. The van der Waals surface area contributed by atoms with Gasteiger partial charge in [0.1, 0.15) is 17.9 Å². The third kappa shape index (κ3) is 3.11. The zero-order valence-electron chi connectivity index (χ0n) is 13.5. The first-order valence-corrected chi connectivity index (χ1v) is 8.59. The molecule has 3 aromatic rings. The van der Waals surface area contributed by atoms with Crippen LogP contribution in [0.3, 0.4) is 0 Å². The van der Waals surface area contributed by atoms with E-state index in [-0.39, 0.29) is 19.0 Å². The summed E-state index contributed by atoms with van der Waals surface area (Å²) in [6, 6.07) is 10.3. The van der Waals surface area contributed by atoms with Crippen LogP contribution >= 0.6 is 11.3 Å². The average Bonchev–Trinajstić information content (AvgIpc) is 3.29. The Morgan fingerprint density at radius 3 is 2.92 bits per heavy atom. The molecule has 0 saturated heterocycles. The van der Waals surface area contributed by atoms with Gasteiger partial charge in [-0.3, -0.25) is 9.59 Å². The highest BCUT2D eigenvalue weighted by molar-refractivity contribution is 7.13. The molecule has 3 N–H and O–H groups in total. The van der Waals surface area contributed by atoms with Crippen molar-refractivity contribution < 1.29 is 14.3 Å². The van der Waals surface area contributed by atoms with Crippen LogP contribution in [-0.2, 0) is 11.3 Å². The Morgan fingerprint density at radius 2 is 2.12 bits per heavy atom. The molecule has 3 heterocycles. The van der Waals surface area contributed by atoms with Gasteiger partial charge < -0.3 is 20.5 Å². The number of nitrogen functional groups attached to an aromatic ring is 1. The van der Waals surface area contributed by atoms with E-state index in [2.05, 4.69) is 10.4 Å². The van der Waals surface area contributed by atoms with Crippen molar-refractivity contribution in [2.24, 2.45) is 0 Å². The number of fused-ring (bicyclic) bond motifs is 1. The van der Waals surface area contributed by atoms with E-state index in [4.69, 9.17) is 15.2 Å². The van der Waals surface area contributed by atoms with Crippen molar-refractivity contribution in [2.75, 3.05) is 17.8 Å². The number of rotatable bonds is 4. The summed E-state index contributed by atoms with van der Waals surface area (Å²) >= 11 is 1.47. The van der Waals surface area contributed by atoms with E-state index in [1.165, 1.54) is 17.4 Å². The lowest BCUT2D eigenvalue weighted by Gasteiger charge is -2.09. The molecule has 0 saturated carbocycles. The van der Waals surface area contributed by atoms with Crippen molar-refractivity contribution in [3.8, 4) is 22.1 Å². The smallest absolute Gasteiger partial charge is 0.290 e. The molecule has 0 radical (unpaired) electrons. The molecule has 0 unspecified atom stereocenters. The molecule has 1 aliphatic rings. The number of nitrogens with two attached hydrogens (primary N) is 1. The molecule has 2 aromatic heterocycles. The van der Waals surface area contributed by atoms with Crippen LogP contribution in [0, 0.1) is 0 Å². The van der Waals surface area contributed by atoms with Crippen molar-refractivity contribution in [2.45, 2.75) is 6.54 Å². The zero-order chi connectivity index (χ0) is 18.1. The number of thiophene rings is 1. The molecular weight excluding hydrogens is 356 g/mol. The van der Waals surface area contributed by atoms with Gasteiger partial charge in [-0.25, -0.2) is 4.68 Å². The number of carbonyl (C=O) groups excluding carboxylic acids is 1. The lowest BCUT2D eigenvalue weighted by atomic mass is 10.2. The van der Waals surface area contributed by atoms with E-state index in [9.17, 15) is 9.59 Å². The number of benzene rings is 1. The van der Waals surface area contributed by atoms with Crippen LogP contribution in [0.5, 0.6) is 11.5 Å². The molecule has 0 fully saturated rings. The van der Waals surface area contributed by atoms with Gasteiger partial charge in [0.15, 0.2) is 11.5 Å². The molecule has 132 valence electrons. The molecule has 8 nitrogen and oxygen atoms in total. The van der Waals surface area contributed by atoms with Gasteiger partial charge >= 0.3 is 0 Å². The number of hydrogen-bond donors (Lipinski definition) is 2. The lowest BCUT2D eigenvalue weighted by molar-refractivity contribution is -0.117. The monoisotopic (exact) mass is 370 g/mol. The second-order valence-corrected chi connectivity index (χ2v) is 6.49. The first-order chi connectivity index (χ1) is 12.6. The first-order valence-electron chi connectivity index (χ1n) is 7.71. The van der Waals surface area contributed by atoms with Crippen molar-refractivity contribution in [3.63, 3.8) is 0 Å². The fraction of sp³-hybridized carbons (Fsp3) is 0.118. The van der Waals surface area contributed by atoms with Crippen LogP contribution in [-0.4, -0.2) is 22.5 Å². The van der Waals surface area contributed by atoms with Crippen LogP contribution in [0.15, 0.2) is 46.6 Å². The Morgan fingerprint density at radius 1 is 1.27 bits per heavy atom. The number of aromatic nitrogens is 2. The quantitative estimate of drug-likeness (QED) is 0.726. The maximum Gasteiger partial charge on any atom is 0.290 e. The standard InChI is InChI=1S/C17H14N4O4S/c18-11-7-12(15-2-1-5-26-15)20-21(17(11)23)8-16(22)19-10-3-4-13-14(6-10)25-9-24-13/h1-7H,8-9,18H2,(H,19,22). The predicted molar refractivity (Wildman–Crippen MR) is 97.4 cm³/mol. The second-order valence-electron chi connectivity index (χ2n) is 5.54. The summed E-state index contributed by atoms with van der Waals surface area (Å²) in [5.41, 5.74) is 6.41. The molecule has 26 heavy (non-hydrogen) atoms. The van der Waals surface area contributed by atoms with Gasteiger partial charge in [-0.15, -0.1) is 11.3 Å². The molecule has 1 aromatic carbocycles. The fourth-order valence-corrected chi connectivity index (χ4v) is 3.21. The van der Waals surface area contributed by atoms with Crippen LogP contribution < -0.4 is 26.1 Å². The molecule has 9 heteroatoms. The number of nitrogens with one attached hydrogen (secondary N) is 1. The summed E-state index contributed by atoms with van der Waals surface area (Å²) < 4.78 is 11.6. The van der Waals surface area contributed by atoms with Gasteiger partial charge in [-0.05, 0) is 29.6 Å². The van der Waals surface area contributed by atoms with Gasteiger partial charge in [0.25, 0.3) is 5.56 Å². The SMILES string of the molecule is Nc1cc(-c2cccs2)nn(CC(=O)Nc2ccc3c(c2)OCO3)c1=O. The molecule has 0 bridgehead atoms. The van der Waals surface area contributed by atoms with Gasteiger partial charge in [0.05, 0.1) is 4.88 Å². The van der Waals surface area contributed by atoms with E-state index in [0.717, 1.165) is 9.56 Å². The van der Waals surface area contributed by atoms with Crippen LogP contribution in [0.4, 0.5) is 11.4 Å². The largest absolute Gasteiger partial charge is 0.454 e. The molecule has 0 atom stereocenters. The minimum absolute atomic E-state index is 0.0410. The Labute approximate surface area is 151 Å². The number of ether oxygens (including phenoxy) is 2.